The quantitative estimate of drug-likeness (QED) is 0.670. The Bertz CT molecular complexity index is 961. The molecule has 2 aromatic carbocycles. The highest BCUT2D eigenvalue weighted by Gasteiger charge is 2.21. The maximum absolute atomic E-state index is 10.3. The molecule has 3 rings (SSSR count). The summed E-state index contributed by atoms with van der Waals surface area (Å²) in [6.45, 7) is 1.81. The van der Waals surface area contributed by atoms with Crippen molar-refractivity contribution in [3.8, 4) is 39.8 Å². The largest absolute Gasteiger partial charge is 0.508 e. The lowest BCUT2D eigenvalue weighted by atomic mass is 9.89. The van der Waals surface area contributed by atoms with E-state index in [-0.39, 0.29) is 22.9 Å². The number of rotatable bonds is 2. The van der Waals surface area contributed by atoms with Crippen LogP contribution >= 0.6 is 0 Å². The van der Waals surface area contributed by atoms with Crippen LogP contribution in [0.5, 0.6) is 11.5 Å². The van der Waals surface area contributed by atoms with E-state index in [2.05, 4.69) is 11.1 Å². The van der Waals surface area contributed by atoms with E-state index in [4.69, 9.17) is 5.73 Å². The minimum absolute atomic E-state index is 0.0604. The Morgan fingerprint density at radius 1 is 1.04 bits per heavy atom. The molecule has 0 spiro atoms. The Kier molecular flexibility index (Phi) is 3.80. The van der Waals surface area contributed by atoms with E-state index >= 15 is 0 Å². The lowest BCUT2D eigenvalue weighted by molar-refractivity contribution is 0.452. The van der Waals surface area contributed by atoms with E-state index in [1.807, 2.05) is 30.3 Å². The summed E-state index contributed by atoms with van der Waals surface area (Å²) in [5.41, 5.74) is 9.29. The van der Waals surface area contributed by atoms with Crippen LogP contribution in [-0.2, 0) is 0 Å². The van der Waals surface area contributed by atoms with Crippen LogP contribution in [-0.4, -0.2) is 15.2 Å². The van der Waals surface area contributed by atoms with Crippen molar-refractivity contribution in [2.75, 3.05) is 5.73 Å². The van der Waals surface area contributed by atoms with Gasteiger partial charge in [0, 0.05) is 28.5 Å². The molecule has 118 valence electrons. The molecule has 1 aromatic heterocycles. The lowest BCUT2D eigenvalue weighted by Crippen LogP contribution is -2.03. The third-order valence-corrected chi connectivity index (χ3v) is 3.83. The normalized spacial score (nSPS) is 10.3. The number of nitrogens with two attached hydrogens (primary N) is 1. The van der Waals surface area contributed by atoms with Crippen LogP contribution in [0.1, 0.15) is 11.3 Å². The maximum atomic E-state index is 10.3. The van der Waals surface area contributed by atoms with E-state index in [9.17, 15) is 15.5 Å². The molecule has 0 atom stereocenters. The van der Waals surface area contributed by atoms with Crippen molar-refractivity contribution in [3.63, 3.8) is 0 Å². The number of anilines is 1. The summed E-state index contributed by atoms with van der Waals surface area (Å²) in [6.07, 6.45) is 0. The fourth-order valence-electron chi connectivity index (χ4n) is 2.80. The summed E-state index contributed by atoms with van der Waals surface area (Å²) in [5.74, 6) is -0.0828. The van der Waals surface area contributed by atoms with E-state index in [1.165, 1.54) is 12.1 Å². The molecule has 0 saturated carbocycles. The number of phenols is 2. The molecule has 3 aromatic rings. The summed E-state index contributed by atoms with van der Waals surface area (Å²) in [4.78, 5) is 4.28. The summed E-state index contributed by atoms with van der Waals surface area (Å²) in [7, 11) is 0. The molecule has 5 nitrogen and oxygen atoms in total. The number of aromatic hydroxyl groups is 2. The Morgan fingerprint density at radius 3 is 2.38 bits per heavy atom. The van der Waals surface area contributed by atoms with Gasteiger partial charge in [0.05, 0.1) is 0 Å². The van der Waals surface area contributed by atoms with Crippen molar-refractivity contribution in [1.29, 1.82) is 5.26 Å². The number of hydrogen-bond acceptors (Lipinski definition) is 5. The number of pyridine rings is 1. The van der Waals surface area contributed by atoms with Crippen LogP contribution in [0.2, 0.25) is 0 Å². The zero-order chi connectivity index (χ0) is 17.3. The first-order valence-corrected chi connectivity index (χ1v) is 7.31. The topological polar surface area (TPSA) is 103 Å². The van der Waals surface area contributed by atoms with Crippen LogP contribution in [0.3, 0.4) is 0 Å². The molecular formula is C19H15N3O2. The molecule has 0 aliphatic carbocycles. The molecule has 0 amide bonds. The molecule has 0 unspecified atom stereocenters. The number of aryl methyl sites for hydroxylation is 1. The van der Waals surface area contributed by atoms with Crippen molar-refractivity contribution >= 4 is 5.82 Å². The Morgan fingerprint density at radius 2 is 1.75 bits per heavy atom. The van der Waals surface area contributed by atoms with Gasteiger partial charge in [0.15, 0.2) is 0 Å². The number of aromatic nitrogens is 1. The van der Waals surface area contributed by atoms with Crippen LogP contribution in [0.4, 0.5) is 5.82 Å². The minimum atomic E-state index is -0.131. The second kappa shape index (κ2) is 5.94. The Labute approximate surface area is 139 Å². The summed E-state index contributed by atoms with van der Waals surface area (Å²) < 4.78 is 0. The Hall–Kier alpha value is -3.52. The van der Waals surface area contributed by atoms with Crippen molar-refractivity contribution in [2.24, 2.45) is 0 Å². The minimum Gasteiger partial charge on any atom is -0.508 e. The number of benzene rings is 2. The lowest BCUT2D eigenvalue weighted by Gasteiger charge is -2.17. The molecule has 24 heavy (non-hydrogen) atoms. The van der Waals surface area contributed by atoms with Gasteiger partial charge in [-0.25, -0.2) is 4.98 Å². The third kappa shape index (κ3) is 2.50. The predicted molar refractivity (Wildman–Crippen MR) is 92.3 cm³/mol. The van der Waals surface area contributed by atoms with Gasteiger partial charge in [-0.15, -0.1) is 0 Å². The molecule has 1 heterocycles. The molecule has 0 bridgehead atoms. The highest BCUT2D eigenvalue weighted by Crippen LogP contribution is 2.42. The summed E-state index contributed by atoms with van der Waals surface area (Å²) in [5, 5.41) is 29.4. The number of phenolic OH excluding ortho intramolecular Hbond substituents is 2. The van der Waals surface area contributed by atoms with E-state index < -0.39 is 0 Å². The van der Waals surface area contributed by atoms with Crippen molar-refractivity contribution in [3.05, 3.63) is 59.8 Å². The average molecular weight is 317 g/mol. The number of hydrogen-bond donors (Lipinski definition) is 3. The fourth-order valence-corrected chi connectivity index (χ4v) is 2.80. The third-order valence-electron chi connectivity index (χ3n) is 3.83. The number of nitrogens with zero attached hydrogens (tertiary/aromatic N) is 2. The van der Waals surface area contributed by atoms with Gasteiger partial charge in [-0.3, -0.25) is 0 Å². The SMILES string of the molecule is Cc1nc(N)c(C#N)c(-c2ccc(O)cc2O)c1-c1ccccc1. The monoisotopic (exact) mass is 317 g/mol. The summed E-state index contributed by atoms with van der Waals surface area (Å²) >= 11 is 0. The van der Waals surface area contributed by atoms with Gasteiger partial charge in [0.2, 0.25) is 0 Å². The van der Waals surface area contributed by atoms with Crippen LogP contribution < -0.4 is 5.73 Å². The second-order valence-electron chi connectivity index (χ2n) is 5.39. The molecule has 0 radical (unpaired) electrons. The number of nitriles is 1. The summed E-state index contributed by atoms with van der Waals surface area (Å²) in [6, 6.07) is 15.8. The molecule has 5 heteroatoms. The smallest absolute Gasteiger partial charge is 0.142 e. The van der Waals surface area contributed by atoms with E-state index in [1.54, 1.807) is 13.0 Å². The molecular weight excluding hydrogens is 302 g/mol. The van der Waals surface area contributed by atoms with Gasteiger partial charge < -0.3 is 15.9 Å². The first-order chi connectivity index (χ1) is 11.5. The molecule has 0 aliphatic rings. The highest BCUT2D eigenvalue weighted by molar-refractivity contribution is 5.93. The molecule has 0 fully saturated rings. The van der Waals surface area contributed by atoms with E-state index in [0.717, 1.165) is 11.1 Å². The Balaban J connectivity index is 2.45. The zero-order valence-electron chi connectivity index (χ0n) is 13.0. The highest BCUT2D eigenvalue weighted by atomic mass is 16.3. The van der Waals surface area contributed by atoms with Crippen LogP contribution in [0.25, 0.3) is 22.3 Å². The van der Waals surface area contributed by atoms with E-state index in [0.29, 0.717) is 16.8 Å². The maximum Gasteiger partial charge on any atom is 0.142 e. The first-order valence-electron chi connectivity index (χ1n) is 7.31. The molecule has 0 saturated heterocycles. The van der Waals surface area contributed by atoms with Crippen LogP contribution in [0, 0.1) is 18.3 Å². The van der Waals surface area contributed by atoms with Gasteiger partial charge in [-0.05, 0) is 24.6 Å². The van der Waals surface area contributed by atoms with Gasteiger partial charge in [-0.1, -0.05) is 30.3 Å². The zero-order valence-corrected chi connectivity index (χ0v) is 13.0. The van der Waals surface area contributed by atoms with Crippen molar-refractivity contribution in [2.45, 2.75) is 6.92 Å². The van der Waals surface area contributed by atoms with Gasteiger partial charge in [-0.2, -0.15) is 5.26 Å². The van der Waals surface area contributed by atoms with Crippen molar-refractivity contribution in [1.82, 2.24) is 4.98 Å². The number of nitrogen functional groups attached to an aromatic ring is 1. The average Bonchev–Trinajstić information content (AvgIpc) is 2.55. The van der Waals surface area contributed by atoms with Gasteiger partial charge >= 0.3 is 0 Å². The predicted octanol–water partition coefficient (Wildman–Crippen LogP) is 3.59. The van der Waals surface area contributed by atoms with Crippen LogP contribution in [0.15, 0.2) is 48.5 Å². The van der Waals surface area contributed by atoms with Gasteiger partial charge in [0.25, 0.3) is 0 Å². The van der Waals surface area contributed by atoms with Gasteiger partial charge in [0.1, 0.15) is 28.9 Å². The molecule has 0 aliphatic heterocycles. The fraction of sp³-hybridized carbons (Fsp3) is 0.0526. The van der Waals surface area contributed by atoms with Crippen molar-refractivity contribution < 1.29 is 10.2 Å². The second-order valence-corrected chi connectivity index (χ2v) is 5.39. The standard InChI is InChI=1S/C19H15N3O2/c1-11-17(12-5-3-2-4-6-12)18(15(10-20)19(21)22-11)14-8-7-13(23)9-16(14)24/h2-9,23-24H,1H3,(H2,21,22). The first kappa shape index (κ1) is 15.4. The molecule has 4 N–H and O–H groups in total.